The van der Waals surface area contributed by atoms with Gasteiger partial charge in [-0.1, -0.05) is 17.7 Å². The van der Waals surface area contributed by atoms with Crippen molar-refractivity contribution in [2.45, 2.75) is 20.8 Å². The number of aromatic nitrogens is 3. The zero-order chi connectivity index (χ0) is 20.7. The summed E-state index contributed by atoms with van der Waals surface area (Å²) in [4.78, 5) is 22.1. The van der Waals surface area contributed by atoms with Gasteiger partial charge >= 0.3 is 0 Å². The Balaban J connectivity index is 1.90. The van der Waals surface area contributed by atoms with Crippen molar-refractivity contribution >= 4 is 22.5 Å². The monoisotopic (exact) mass is 405 g/mol. The number of rotatable bonds is 3. The van der Waals surface area contributed by atoms with Crippen molar-refractivity contribution in [3.05, 3.63) is 80.7 Å². The fourth-order valence-electron chi connectivity index (χ4n) is 3.28. The van der Waals surface area contributed by atoms with Crippen molar-refractivity contribution < 1.29 is 4.74 Å². The van der Waals surface area contributed by atoms with E-state index in [1.165, 1.54) is 10.1 Å². The molecule has 146 valence electrons. The molecule has 0 bridgehead atoms. The number of ether oxygens (including phenoxy) is 1. The number of hydrogen-bond acceptors (Lipinski definition) is 4. The van der Waals surface area contributed by atoms with Gasteiger partial charge in [0.2, 0.25) is 5.88 Å². The second kappa shape index (κ2) is 7.33. The quantitative estimate of drug-likeness (QED) is 0.460. The van der Waals surface area contributed by atoms with E-state index in [9.17, 15) is 4.79 Å². The normalized spacial score (nSPS) is 11.1. The summed E-state index contributed by atoms with van der Waals surface area (Å²) in [6, 6.07) is 13.0. The van der Waals surface area contributed by atoms with Gasteiger partial charge in [0.15, 0.2) is 0 Å². The van der Waals surface area contributed by atoms with E-state index in [1.54, 1.807) is 31.4 Å². The molecule has 0 N–H and O–H groups in total. The van der Waals surface area contributed by atoms with E-state index >= 15 is 0 Å². The van der Waals surface area contributed by atoms with Crippen LogP contribution in [0.25, 0.3) is 22.3 Å². The molecule has 0 radical (unpaired) electrons. The predicted octanol–water partition coefficient (Wildman–Crippen LogP) is 5.37. The third-order valence-electron chi connectivity index (χ3n) is 5.04. The first kappa shape index (κ1) is 19.2. The van der Waals surface area contributed by atoms with Gasteiger partial charge in [0.1, 0.15) is 11.6 Å². The lowest BCUT2D eigenvalue weighted by atomic mass is 10.1. The average molecular weight is 406 g/mol. The van der Waals surface area contributed by atoms with Crippen molar-refractivity contribution in [3.8, 4) is 23.0 Å². The molecule has 5 nitrogen and oxygen atoms in total. The van der Waals surface area contributed by atoms with E-state index in [2.05, 4.69) is 11.9 Å². The Morgan fingerprint density at radius 3 is 2.55 bits per heavy atom. The van der Waals surface area contributed by atoms with Crippen LogP contribution in [0.3, 0.4) is 0 Å². The molecule has 2 aromatic carbocycles. The van der Waals surface area contributed by atoms with Crippen LogP contribution in [0.15, 0.2) is 53.5 Å². The average Bonchev–Trinajstić information content (AvgIpc) is 2.69. The second-order valence-corrected chi connectivity index (χ2v) is 7.56. The Morgan fingerprint density at radius 2 is 1.79 bits per heavy atom. The highest BCUT2D eigenvalue weighted by molar-refractivity contribution is 6.31. The molecular weight excluding hydrogens is 386 g/mol. The first-order valence-electron chi connectivity index (χ1n) is 9.22. The van der Waals surface area contributed by atoms with Gasteiger partial charge in [-0.15, -0.1) is 0 Å². The van der Waals surface area contributed by atoms with E-state index in [-0.39, 0.29) is 5.56 Å². The number of hydrogen-bond donors (Lipinski definition) is 0. The Morgan fingerprint density at radius 1 is 1.00 bits per heavy atom. The summed E-state index contributed by atoms with van der Waals surface area (Å²) in [5.74, 6) is 1.56. The molecule has 0 aliphatic carbocycles. The van der Waals surface area contributed by atoms with E-state index in [1.807, 2.05) is 38.1 Å². The molecule has 0 atom stereocenters. The molecule has 0 amide bonds. The predicted molar refractivity (Wildman–Crippen MR) is 116 cm³/mol. The number of pyridine rings is 1. The van der Waals surface area contributed by atoms with Crippen LogP contribution < -0.4 is 10.3 Å². The van der Waals surface area contributed by atoms with Gasteiger partial charge in [0, 0.05) is 18.3 Å². The van der Waals surface area contributed by atoms with Crippen molar-refractivity contribution in [2.75, 3.05) is 0 Å². The van der Waals surface area contributed by atoms with Gasteiger partial charge in [-0.2, -0.15) is 0 Å². The maximum atomic E-state index is 13.0. The summed E-state index contributed by atoms with van der Waals surface area (Å²) in [5, 5.41) is 1.00. The molecule has 0 spiro atoms. The Hall–Kier alpha value is -3.18. The Kier molecular flexibility index (Phi) is 4.84. The van der Waals surface area contributed by atoms with Crippen LogP contribution in [0, 0.1) is 20.8 Å². The summed E-state index contributed by atoms with van der Waals surface area (Å²) in [6.07, 6.45) is 1.66. The van der Waals surface area contributed by atoms with Crippen LogP contribution in [0.4, 0.5) is 0 Å². The molecule has 2 aromatic heterocycles. The minimum atomic E-state index is -0.170. The highest BCUT2D eigenvalue weighted by atomic mass is 35.5. The first-order valence-corrected chi connectivity index (χ1v) is 9.60. The molecule has 0 saturated carbocycles. The molecule has 0 fully saturated rings. The maximum Gasteiger partial charge on any atom is 0.261 e. The molecule has 2 heterocycles. The van der Waals surface area contributed by atoms with E-state index < -0.39 is 0 Å². The molecule has 4 rings (SSSR count). The minimum absolute atomic E-state index is 0.170. The molecular formula is C23H20ClN3O2. The van der Waals surface area contributed by atoms with Crippen LogP contribution in [-0.2, 0) is 7.05 Å². The zero-order valence-electron chi connectivity index (χ0n) is 16.7. The molecule has 0 aliphatic heterocycles. The van der Waals surface area contributed by atoms with E-state index in [4.69, 9.17) is 21.3 Å². The standard InChI is InChI=1S/C23H20ClN3O2/c1-13-7-8-17(11-14(13)2)29-22-18(6-5-9-25-22)21-26-20-15(3)10-16(24)12-19(20)23(28)27(21)4/h5-12H,1-4H3. The zero-order valence-corrected chi connectivity index (χ0v) is 17.4. The van der Waals surface area contributed by atoms with Crippen molar-refractivity contribution in [3.63, 3.8) is 0 Å². The second-order valence-electron chi connectivity index (χ2n) is 7.12. The third kappa shape index (κ3) is 3.49. The summed E-state index contributed by atoms with van der Waals surface area (Å²) in [7, 11) is 1.69. The highest BCUT2D eigenvalue weighted by Crippen LogP contribution is 2.31. The lowest BCUT2D eigenvalue weighted by Gasteiger charge is -2.14. The van der Waals surface area contributed by atoms with Crippen LogP contribution in [0.1, 0.15) is 16.7 Å². The van der Waals surface area contributed by atoms with Crippen molar-refractivity contribution in [1.29, 1.82) is 0 Å². The number of aryl methyl sites for hydroxylation is 3. The van der Waals surface area contributed by atoms with Crippen LogP contribution in [0.5, 0.6) is 11.6 Å². The van der Waals surface area contributed by atoms with Gasteiger partial charge < -0.3 is 4.74 Å². The number of fused-ring (bicyclic) bond motifs is 1. The minimum Gasteiger partial charge on any atom is -0.438 e. The van der Waals surface area contributed by atoms with E-state index in [0.717, 1.165) is 11.1 Å². The Labute approximate surface area is 173 Å². The molecule has 29 heavy (non-hydrogen) atoms. The van der Waals surface area contributed by atoms with Gasteiger partial charge in [0.05, 0.1) is 16.5 Å². The molecule has 0 aliphatic rings. The summed E-state index contributed by atoms with van der Waals surface area (Å²) in [5.41, 5.74) is 4.24. The van der Waals surface area contributed by atoms with Crippen LogP contribution >= 0.6 is 11.6 Å². The lowest BCUT2D eigenvalue weighted by molar-refractivity contribution is 0.463. The number of nitrogens with zero attached hydrogens (tertiary/aromatic N) is 3. The maximum absolute atomic E-state index is 13.0. The summed E-state index contributed by atoms with van der Waals surface area (Å²) in [6.45, 7) is 5.97. The van der Waals surface area contributed by atoms with Crippen LogP contribution in [0.2, 0.25) is 5.02 Å². The molecule has 0 saturated heterocycles. The lowest BCUT2D eigenvalue weighted by Crippen LogP contribution is -2.21. The summed E-state index contributed by atoms with van der Waals surface area (Å²) >= 11 is 6.14. The molecule has 6 heteroatoms. The first-order chi connectivity index (χ1) is 13.8. The largest absolute Gasteiger partial charge is 0.438 e. The van der Waals surface area contributed by atoms with Gasteiger partial charge in [-0.05, 0) is 73.9 Å². The third-order valence-corrected chi connectivity index (χ3v) is 5.26. The number of halogens is 1. The SMILES string of the molecule is Cc1ccc(Oc2ncccc2-c2nc3c(C)cc(Cl)cc3c(=O)n2C)cc1C. The van der Waals surface area contributed by atoms with Crippen LogP contribution in [-0.4, -0.2) is 14.5 Å². The smallest absolute Gasteiger partial charge is 0.261 e. The Bertz CT molecular complexity index is 1310. The fraction of sp³-hybridized carbons (Fsp3) is 0.174. The highest BCUT2D eigenvalue weighted by Gasteiger charge is 2.17. The van der Waals surface area contributed by atoms with Crippen molar-refractivity contribution in [2.24, 2.45) is 7.05 Å². The summed E-state index contributed by atoms with van der Waals surface area (Å²) < 4.78 is 7.57. The molecule has 4 aromatic rings. The van der Waals surface area contributed by atoms with E-state index in [0.29, 0.717) is 38.9 Å². The van der Waals surface area contributed by atoms with Gasteiger partial charge in [-0.3, -0.25) is 9.36 Å². The number of benzene rings is 2. The van der Waals surface area contributed by atoms with Gasteiger partial charge in [-0.25, -0.2) is 9.97 Å². The topological polar surface area (TPSA) is 57.0 Å². The van der Waals surface area contributed by atoms with Crippen molar-refractivity contribution in [1.82, 2.24) is 14.5 Å². The molecule has 0 unspecified atom stereocenters. The fourth-order valence-corrected chi connectivity index (χ4v) is 3.55. The van der Waals surface area contributed by atoms with Gasteiger partial charge in [0.25, 0.3) is 5.56 Å².